The van der Waals surface area contributed by atoms with Crippen LogP contribution >= 0.6 is 11.8 Å². The molecule has 2 N–H and O–H groups in total. The Morgan fingerprint density at radius 3 is 2.68 bits per heavy atom. The Bertz CT molecular complexity index is 459. The number of urea groups is 1. The Morgan fingerprint density at radius 2 is 2.00 bits per heavy atom. The minimum atomic E-state index is -0.718. The number of amides is 2. The molecule has 6 heteroatoms. The van der Waals surface area contributed by atoms with Gasteiger partial charge in [0, 0.05) is 24.4 Å². The van der Waals surface area contributed by atoms with E-state index in [-0.39, 0.29) is 18.0 Å². The molecule has 1 aliphatic heterocycles. The summed E-state index contributed by atoms with van der Waals surface area (Å²) in [7, 11) is 0. The van der Waals surface area contributed by atoms with Gasteiger partial charge in [-0.3, -0.25) is 4.79 Å². The largest absolute Gasteiger partial charge is 0.481 e. The number of carbonyl (C=O) groups is 2. The van der Waals surface area contributed by atoms with Gasteiger partial charge >= 0.3 is 12.0 Å². The maximum Gasteiger partial charge on any atom is 0.317 e. The first-order chi connectivity index (χ1) is 10.6. The van der Waals surface area contributed by atoms with Gasteiger partial charge < -0.3 is 15.3 Å². The van der Waals surface area contributed by atoms with E-state index < -0.39 is 11.4 Å². The van der Waals surface area contributed by atoms with Crippen LogP contribution in [0.25, 0.3) is 0 Å². The minimum Gasteiger partial charge on any atom is -0.481 e. The number of carbonyl (C=O) groups excluding carboxylic acids is 1. The van der Waals surface area contributed by atoms with Crippen molar-refractivity contribution in [1.82, 2.24) is 10.2 Å². The van der Waals surface area contributed by atoms with Gasteiger partial charge in [0.25, 0.3) is 0 Å². The van der Waals surface area contributed by atoms with E-state index in [9.17, 15) is 14.7 Å². The van der Waals surface area contributed by atoms with Crippen molar-refractivity contribution < 1.29 is 14.7 Å². The molecule has 2 amide bonds. The maximum absolute atomic E-state index is 12.6. The fourth-order valence-electron chi connectivity index (χ4n) is 4.59. The van der Waals surface area contributed by atoms with Crippen molar-refractivity contribution in [3.05, 3.63) is 0 Å². The molecule has 3 rings (SSSR count). The fourth-order valence-corrected chi connectivity index (χ4v) is 5.52. The monoisotopic (exact) mass is 326 g/mol. The van der Waals surface area contributed by atoms with Crippen LogP contribution in [0.3, 0.4) is 0 Å². The second-order valence-electron chi connectivity index (χ2n) is 7.05. The summed E-state index contributed by atoms with van der Waals surface area (Å²) in [6.07, 6.45) is 9.35. The van der Waals surface area contributed by atoms with E-state index in [1.165, 1.54) is 12.8 Å². The predicted molar refractivity (Wildman–Crippen MR) is 87.1 cm³/mol. The number of carboxylic acid groups (broad SMARTS) is 1. The molecule has 124 valence electrons. The van der Waals surface area contributed by atoms with E-state index in [0.29, 0.717) is 24.8 Å². The van der Waals surface area contributed by atoms with Crippen LogP contribution in [0, 0.1) is 11.3 Å². The third-order valence-corrected chi connectivity index (χ3v) is 7.07. The van der Waals surface area contributed by atoms with Gasteiger partial charge in [-0.2, -0.15) is 11.8 Å². The average molecular weight is 326 g/mol. The number of hydrogen-bond acceptors (Lipinski definition) is 3. The predicted octanol–water partition coefficient (Wildman–Crippen LogP) is 2.56. The third kappa shape index (κ3) is 2.70. The SMILES string of the molecule is CS[C@H]1CCCC[C@@H]1NC(=O)N1C[C@@H]2CCC[C@@]2(C(=O)O)C1. The lowest BCUT2D eigenvalue weighted by atomic mass is 9.81. The van der Waals surface area contributed by atoms with Crippen LogP contribution in [0.15, 0.2) is 0 Å². The molecule has 1 saturated heterocycles. The minimum absolute atomic E-state index is 0.0547. The molecule has 2 aliphatic carbocycles. The smallest absolute Gasteiger partial charge is 0.317 e. The molecule has 4 atom stereocenters. The number of carboxylic acids is 1. The van der Waals surface area contributed by atoms with Crippen LogP contribution in [0.4, 0.5) is 4.79 Å². The van der Waals surface area contributed by atoms with E-state index in [1.807, 2.05) is 11.8 Å². The van der Waals surface area contributed by atoms with E-state index >= 15 is 0 Å². The van der Waals surface area contributed by atoms with Gasteiger partial charge in [0.2, 0.25) is 0 Å². The lowest BCUT2D eigenvalue weighted by Gasteiger charge is -2.32. The first kappa shape index (κ1) is 16.0. The molecule has 0 aromatic heterocycles. The van der Waals surface area contributed by atoms with Gasteiger partial charge in [0.15, 0.2) is 0 Å². The molecule has 1 heterocycles. The zero-order chi connectivity index (χ0) is 15.7. The van der Waals surface area contributed by atoms with Crippen LogP contribution in [-0.2, 0) is 4.79 Å². The van der Waals surface area contributed by atoms with Gasteiger partial charge in [-0.1, -0.05) is 19.3 Å². The Kier molecular flexibility index (Phi) is 4.57. The molecule has 0 unspecified atom stereocenters. The van der Waals surface area contributed by atoms with Crippen LogP contribution in [0.2, 0.25) is 0 Å². The first-order valence-corrected chi connectivity index (χ1v) is 9.67. The standard InChI is InChI=1S/C16H26N2O3S/c1-22-13-7-3-2-6-12(13)17-15(21)18-9-11-5-4-8-16(11,10-18)14(19)20/h11-13H,2-10H2,1H3,(H,17,21)(H,19,20)/t11-,12-,13-,16+/m0/s1. The van der Waals surface area contributed by atoms with Crippen molar-refractivity contribution in [3.63, 3.8) is 0 Å². The van der Waals surface area contributed by atoms with Gasteiger partial charge in [-0.15, -0.1) is 0 Å². The quantitative estimate of drug-likeness (QED) is 0.836. The molecule has 3 aliphatic rings. The number of likely N-dealkylation sites (tertiary alicyclic amines) is 1. The van der Waals surface area contributed by atoms with Crippen molar-refractivity contribution in [1.29, 1.82) is 0 Å². The van der Waals surface area contributed by atoms with Crippen LogP contribution in [0.5, 0.6) is 0 Å². The number of aliphatic carboxylic acids is 1. The van der Waals surface area contributed by atoms with Crippen molar-refractivity contribution in [3.8, 4) is 0 Å². The van der Waals surface area contributed by atoms with Crippen molar-refractivity contribution in [2.24, 2.45) is 11.3 Å². The molecule has 0 bridgehead atoms. The Balaban J connectivity index is 1.63. The highest BCUT2D eigenvalue weighted by Gasteiger charge is 2.56. The number of nitrogens with one attached hydrogen (secondary N) is 1. The molecule has 0 spiro atoms. The molecule has 5 nitrogen and oxygen atoms in total. The van der Waals surface area contributed by atoms with Gasteiger partial charge in [0.05, 0.1) is 5.41 Å². The number of hydrogen-bond donors (Lipinski definition) is 2. The second kappa shape index (κ2) is 6.30. The van der Waals surface area contributed by atoms with Crippen LogP contribution in [0.1, 0.15) is 44.9 Å². The highest BCUT2D eigenvalue weighted by Crippen LogP contribution is 2.48. The molecule has 2 saturated carbocycles. The van der Waals surface area contributed by atoms with Crippen molar-refractivity contribution >= 4 is 23.8 Å². The van der Waals surface area contributed by atoms with E-state index in [0.717, 1.165) is 25.7 Å². The molecule has 3 fully saturated rings. The zero-order valence-corrected chi connectivity index (χ0v) is 14.0. The Labute approximate surface area is 136 Å². The second-order valence-corrected chi connectivity index (χ2v) is 8.12. The lowest BCUT2D eigenvalue weighted by Crippen LogP contribution is -2.49. The molecule has 0 radical (unpaired) electrons. The van der Waals surface area contributed by atoms with E-state index in [2.05, 4.69) is 11.6 Å². The summed E-state index contributed by atoms with van der Waals surface area (Å²) in [6, 6.07) is 0.179. The van der Waals surface area contributed by atoms with Crippen molar-refractivity contribution in [2.75, 3.05) is 19.3 Å². The molecule has 0 aromatic carbocycles. The summed E-state index contributed by atoms with van der Waals surface area (Å²) in [4.78, 5) is 26.0. The lowest BCUT2D eigenvalue weighted by molar-refractivity contribution is -0.149. The van der Waals surface area contributed by atoms with Crippen molar-refractivity contribution in [2.45, 2.75) is 56.2 Å². The summed E-state index contributed by atoms with van der Waals surface area (Å²) in [5.41, 5.74) is -0.678. The normalized spacial score (nSPS) is 37.9. The number of thioether (sulfide) groups is 1. The summed E-state index contributed by atoms with van der Waals surface area (Å²) < 4.78 is 0. The number of rotatable bonds is 3. The fraction of sp³-hybridized carbons (Fsp3) is 0.875. The maximum atomic E-state index is 12.6. The van der Waals surface area contributed by atoms with Gasteiger partial charge in [0.1, 0.15) is 0 Å². The van der Waals surface area contributed by atoms with Gasteiger partial charge in [-0.05, 0) is 37.9 Å². The van der Waals surface area contributed by atoms with E-state index in [4.69, 9.17) is 0 Å². The van der Waals surface area contributed by atoms with E-state index in [1.54, 1.807) is 4.90 Å². The van der Waals surface area contributed by atoms with Gasteiger partial charge in [-0.25, -0.2) is 4.79 Å². The third-order valence-electron chi connectivity index (χ3n) is 5.90. The Morgan fingerprint density at radius 1 is 1.23 bits per heavy atom. The highest BCUT2D eigenvalue weighted by atomic mass is 32.2. The summed E-state index contributed by atoms with van der Waals surface area (Å²) in [6.45, 7) is 0.990. The number of fused-ring (bicyclic) bond motifs is 1. The molecular formula is C16H26N2O3S. The molecular weight excluding hydrogens is 300 g/mol. The zero-order valence-electron chi connectivity index (χ0n) is 13.2. The highest BCUT2D eigenvalue weighted by molar-refractivity contribution is 7.99. The molecule has 22 heavy (non-hydrogen) atoms. The number of nitrogens with zero attached hydrogens (tertiary/aromatic N) is 1. The summed E-state index contributed by atoms with van der Waals surface area (Å²) in [5, 5.41) is 13.3. The summed E-state index contributed by atoms with van der Waals surface area (Å²) >= 11 is 1.83. The first-order valence-electron chi connectivity index (χ1n) is 8.38. The average Bonchev–Trinajstić information content (AvgIpc) is 3.05. The summed E-state index contributed by atoms with van der Waals surface area (Å²) in [5.74, 6) is -0.580. The van der Waals surface area contributed by atoms with Crippen LogP contribution < -0.4 is 5.32 Å². The Hall–Kier alpha value is -0.910. The topological polar surface area (TPSA) is 69.6 Å². The molecule has 0 aromatic rings. The van der Waals surface area contributed by atoms with Crippen LogP contribution in [-0.4, -0.2) is 52.6 Å².